The molecule has 8 heteroatoms. The lowest BCUT2D eigenvalue weighted by molar-refractivity contribution is -0.596. The Morgan fingerprint density at radius 2 is 1.76 bits per heavy atom. The normalized spacial score (nSPS) is 18.8. The lowest BCUT2D eigenvalue weighted by Gasteiger charge is -2.15. The summed E-state index contributed by atoms with van der Waals surface area (Å²) in [4.78, 5) is 25.7. The van der Waals surface area contributed by atoms with Crippen LogP contribution in [0.5, 0.6) is 5.75 Å². The van der Waals surface area contributed by atoms with Crippen LogP contribution in [0.2, 0.25) is 5.02 Å². The fourth-order valence-electron chi connectivity index (χ4n) is 3.64. The molecule has 168 valence electrons. The van der Waals surface area contributed by atoms with Crippen LogP contribution in [0, 0.1) is 5.82 Å². The number of hydrazine groups is 1. The van der Waals surface area contributed by atoms with E-state index in [0.29, 0.717) is 11.6 Å². The lowest BCUT2D eigenvalue weighted by Crippen LogP contribution is -2.42. The molecule has 1 heterocycles. The van der Waals surface area contributed by atoms with Crippen LogP contribution in [0.1, 0.15) is 34.5 Å². The maximum Gasteiger partial charge on any atom is 0.304 e. The molecule has 0 aromatic heterocycles. The van der Waals surface area contributed by atoms with E-state index in [9.17, 15) is 14.0 Å². The molecule has 0 unspecified atom stereocenters. The fraction of sp³-hybridized carbons (Fsp3) is 0.160. The SMILES string of the molecule is CCOc1ccc(/C=[N+]2\NC(=O)[C@H](NC(=O)c3ccc(F)cc3)[C@@H]2c2ccc(Cl)cc2)cc1. The Morgan fingerprint density at radius 1 is 1.09 bits per heavy atom. The van der Waals surface area contributed by atoms with Crippen LogP contribution in [-0.2, 0) is 4.79 Å². The summed E-state index contributed by atoms with van der Waals surface area (Å²) in [6.45, 7) is 2.48. The number of benzene rings is 3. The van der Waals surface area contributed by atoms with Crippen molar-refractivity contribution in [3.63, 3.8) is 0 Å². The summed E-state index contributed by atoms with van der Waals surface area (Å²) in [7, 11) is 0. The van der Waals surface area contributed by atoms with Crippen LogP contribution in [-0.4, -0.2) is 35.4 Å². The first-order valence-electron chi connectivity index (χ1n) is 10.4. The van der Waals surface area contributed by atoms with E-state index >= 15 is 0 Å². The molecule has 6 nitrogen and oxygen atoms in total. The number of carbonyl (C=O) groups is 2. The number of nitrogens with zero attached hydrogens (tertiary/aromatic N) is 1. The van der Waals surface area contributed by atoms with Crippen LogP contribution in [0.3, 0.4) is 0 Å². The van der Waals surface area contributed by atoms with Gasteiger partial charge in [-0.15, -0.1) is 10.1 Å². The summed E-state index contributed by atoms with van der Waals surface area (Å²) in [6.07, 6.45) is 1.79. The van der Waals surface area contributed by atoms with E-state index in [2.05, 4.69) is 10.7 Å². The average Bonchev–Trinajstić information content (AvgIpc) is 3.10. The second-order valence-corrected chi connectivity index (χ2v) is 7.91. The molecule has 0 saturated carbocycles. The van der Waals surface area contributed by atoms with E-state index in [1.54, 1.807) is 23.0 Å². The van der Waals surface area contributed by atoms with Crippen LogP contribution in [0.25, 0.3) is 0 Å². The summed E-state index contributed by atoms with van der Waals surface area (Å²) in [6, 6.07) is 18.2. The van der Waals surface area contributed by atoms with Crippen molar-refractivity contribution >= 4 is 29.6 Å². The van der Waals surface area contributed by atoms with Crippen molar-refractivity contribution in [1.29, 1.82) is 0 Å². The van der Waals surface area contributed by atoms with E-state index in [1.165, 1.54) is 24.3 Å². The van der Waals surface area contributed by atoms with Gasteiger partial charge in [-0.2, -0.15) is 0 Å². The highest BCUT2D eigenvalue weighted by molar-refractivity contribution is 6.30. The van der Waals surface area contributed by atoms with Gasteiger partial charge in [-0.1, -0.05) is 23.7 Å². The standard InChI is InChI=1S/C25H21ClFN3O3/c1-2-33-21-13-3-16(4-14-21)15-30-23(17-5-9-19(26)10-6-17)22(25(32)29-30)28-24(31)18-7-11-20(27)12-8-18/h3-15,22-23H,2H2,1H3,(H-,28,29,31,32)/p+1/b30-15-/t22-,23+/m1/s1. The van der Waals surface area contributed by atoms with Crippen molar-refractivity contribution in [2.24, 2.45) is 0 Å². The number of carbonyl (C=O) groups excluding carboxylic acids is 2. The zero-order valence-electron chi connectivity index (χ0n) is 17.8. The van der Waals surface area contributed by atoms with Gasteiger partial charge in [-0.05, 0) is 67.6 Å². The Morgan fingerprint density at radius 3 is 2.39 bits per heavy atom. The van der Waals surface area contributed by atoms with E-state index in [-0.39, 0.29) is 11.5 Å². The second kappa shape index (κ2) is 9.83. The number of halogens is 2. The zero-order chi connectivity index (χ0) is 23.4. The Balaban J connectivity index is 1.66. The monoisotopic (exact) mass is 466 g/mol. The summed E-state index contributed by atoms with van der Waals surface area (Å²) in [5, 5.41) is 3.34. The number of hydrazone groups is 1. The van der Waals surface area contributed by atoms with Crippen molar-refractivity contribution in [3.8, 4) is 5.75 Å². The van der Waals surface area contributed by atoms with Gasteiger partial charge >= 0.3 is 5.91 Å². The van der Waals surface area contributed by atoms with Crippen molar-refractivity contribution in [3.05, 3.63) is 100 Å². The van der Waals surface area contributed by atoms with E-state index in [4.69, 9.17) is 16.3 Å². The smallest absolute Gasteiger partial charge is 0.304 e. The second-order valence-electron chi connectivity index (χ2n) is 7.47. The average molecular weight is 467 g/mol. The topological polar surface area (TPSA) is 70.4 Å². The maximum absolute atomic E-state index is 13.2. The van der Waals surface area contributed by atoms with E-state index < -0.39 is 23.8 Å². The molecule has 0 bridgehead atoms. The van der Waals surface area contributed by atoms with Crippen molar-refractivity contribution < 1.29 is 23.4 Å². The highest BCUT2D eigenvalue weighted by Gasteiger charge is 2.47. The maximum atomic E-state index is 13.2. The minimum Gasteiger partial charge on any atom is -0.494 e. The molecule has 2 amide bonds. The van der Waals surface area contributed by atoms with Gasteiger partial charge in [0.1, 0.15) is 11.6 Å². The van der Waals surface area contributed by atoms with Gasteiger partial charge in [0.15, 0.2) is 6.04 Å². The van der Waals surface area contributed by atoms with Crippen LogP contribution in [0.15, 0.2) is 72.8 Å². The molecule has 0 aliphatic carbocycles. The first kappa shape index (κ1) is 22.5. The van der Waals surface area contributed by atoms with Gasteiger partial charge < -0.3 is 10.1 Å². The molecule has 1 fully saturated rings. The quantitative estimate of drug-likeness (QED) is 0.541. The Kier molecular flexibility index (Phi) is 6.70. The van der Waals surface area contributed by atoms with Gasteiger partial charge in [0.05, 0.1) is 6.61 Å². The molecule has 1 aliphatic rings. The molecule has 0 spiro atoms. The largest absolute Gasteiger partial charge is 0.494 e. The third kappa shape index (κ3) is 5.21. The van der Waals surface area contributed by atoms with Crippen LogP contribution < -0.4 is 15.5 Å². The zero-order valence-corrected chi connectivity index (χ0v) is 18.6. The van der Waals surface area contributed by atoms with Crippen molar-refractivity contribution in [2.75, 3.05) is 6.61 Å². The van der Waals surface area contributed by atoms with Gasteiger partial charge in [-0.25, -0.2) is 4.39 Å². The van der Waals surface area contributed by atoms with E-state index in [1.807, 2.05) is 43.3 Å². The molecule has 33 heavy (non-hydrogen) atoms. The molecule has 3 aromatic carbocycles. The molecule has 0 radical (unpaired) electrons. The Labute approximate surface area is 195 Å². The molecule has 3 aromatic rings. The molecule has 1 saturated heterocycles. The van der Waals surface area contributed by atoms with Crippen molar-refractivity contribution in [2.45, 2.75) is 19.0 Å². The van der Waals surface area contributed by atoms with Gasteiger partial charge in [0, 0.05) is 21.7 Å². The predicted molar refractivity (Wildman–Crippen MR) is 123 cm³/mol. The number of rotatable bonds is 6. The molecule has 2 atom stereocenters. The van der Waals surface area contributed by atoms with Crippen molar-refractivity contribution in [1.82, 2.24) is 10.7 Å². The number of amides is 2. The predicted octanol–water partition coefficient (Wildman–Crippen LogP) is 3.89. The highest BCUT2D eigenvalue weighted by Crippen LogP contribution is 2.27. The molecular formula is C25H22ClFN3O3+. The lowest BCUT2D eigenvalue weighted by atomic mass is 9.99. The first-order valence-corrected chi connectivity index (χ1v) is 10.8. The van der Waals surface area contributed by atoms with Gasteiger partial charge in [-0.3, -0.25) is 9.59 Å². The van der Waals surface area contributed by atoms with Crippen LogP contribution >= 0.6 is 11.6 Å². The van der Waals surface area contributed by atoms with Gasteiger partial charge in [0.2, 0.25) is 12.3 Å². The summed E-state index contributed by atoms with van der Waals surface area (Å²) < 4.78 is 20.4. The number of ether oxygens (including phenoxy) is 1. The molecule has 1 aliphatic heterocycles. The van der Waals surface area contributed by atoms with E-state index in [0.717, 1.165) is 16.9 Å². The highest BCUT2D eigenvalue weighted by atomic mass is 35.5. The Bertz CT molecular complexity index is 1180. The molecule has 2 N–H and O–H groups in total. The molecular weight excluding hydrogens is 445 g/mol. The number of nitrogens with one attached hydrogen (secondary N) is 2. The third-order valence-corrected chi connectivity index (χ3v) is 5.47. The van der Waals surface area contributed by atoms with Crippen LogP contribution in [0.4, 0.5) is 4.39 Å². The van der Waals surface area contributed by atoms with Gasteiger partial charge in [0.25, 0.3) is 5.91 Å². The minimum absolute atomic E-state index is 0.257. The first-order chi connectivity index (χ1) is 15.9. The minimum atomic E-state index is -0.886. The summed E-state index contributed by atoms with van der Waals surface area (Å²) in [5.74, 6) is -0.538. The summed E-state index contributed by atoms with van der Waals surface area (Å²) in [5.41, 5.74) is 4.70. The molecule has 4 rings (SSSR count). The third-order valence-electron chi connectivity index (χ3n) is 5.22. The summed E-state index contributed by atoms with van der Waals surface area (Å²) >= 11 is 6.05. The fourth-order valence-corrected chi connectivity index (χ4v) is 3.77. The number of hydrogen-bond acceptors (Lipinski definition) is 3. The number of hydrogen-bond donors (Lipinski definition) is 2. The Hall–Kier alpha value is -3.71.